The SMILES string of the molecule is CC(CCl)C(C)Nc1ccncn1. The largest absolute Gasteiger partial charge is 0.367 e. The molecule has 0 bridgehead atoms. The minimum Gasteiger partial charge on any atom is -0.367 e. The maximum Gasteiger partial charge on any atom is 0.129 e. The number of hydrogen-bond acceptors (Lipinski definition) is 3. The molecule has 0 saturated carbocycles. The van der Waals surface area contributed by atoms with E-state index in [2.05, 4.69) is 29.1 Å². The molecule has 0 aliphatic heterocycles. The van der Waals surface area contributed by atoms with Crippen molar-refractivity contribution in [1.29, 1.82) is 0 Å². The fourth-order valence-corrected chi connectivity index (χ4v) is 1.15. The van der Waals surface area contributed by atoms with Crippen LogP contribution in [0.1, 0.15) is 13.8 Å². The molecule has 0 radical (unpaired) electrons. The van der Waals surface area contributed by atoms with Crippen LogP contribution >= 0.6 is 11.6 Å². The fraction of sp³-hybridized carbons (Fsp3) is 0.556. The molecule has 0 amide bonds. The lowest BCUT2D eigenvalue weighted by Gasteiger charge is -2.19. The summed E-state index contributed by atoms with van der Waals surface area (Å²) in [6, 6.07) is 2.17. The Kier molecular flexibility index (Phi) is 3.96. The third-order valence-electron chi connectivity index (χ3n) is 2.05. The second-order valence-electron chi connectivity index (χ2n) is 3.16. The summed E-state index contributed by atoms with van der Waals surface area (Å²) in [6.45, 7) is 4.20. The van der Waals surface area contributed by atoms with Gasteiger partial charge in [0.25, 0.3) is 0 Å². The van der Waals surface area contributed by atoms with Gasteiger partial charge in [-0.2, -0.15) is 0 Å². The Hall–Kier alpha value is -0.830. The Labute approximate surface area is 83.5 Å². The molecule has 72 valence electrons. The molecule has 0 spiro atoms. The van der Waals surface area contributed by atoms with Gasteiger partial charge in [0.15, 0.2) is 0 Å². The van der Waals surface area contributed by atoms with Crippen molar-refractivity contribution in [3.8, 4) is 0 Å². The number of hydrogen-bond donors (Lipinski definition) is 1. The van der Waals surface area contributed by atoms with E-state index in [1.165, 1.54) is 6.33 Å². The molecule has 1 aromatic rings. The van der Waals surface area contributed by atoms with Crippen LogP contribution in [0.15, 0.2) is 18.6 Å². The molecule has 0 aliphatic carbocycles. The van der Waals surface area contributed by atoms with E-state index in [1.807, 2.05) is 6.07 Å². The highest BCUT2D eigenvalue weighted by atomic mass is 35.5. The van der Waals surface area contributed by atoms with Gasteiger partial charge in [0, 0.05) is 18.1 Å². The van der Waals surface area contributed by atoms with Crippen molar-refractivity contribution in [1.82, 2.24) is 9.97 Å². The number of aromatic nitrogens is 2. The molecule has 1 aromatic heterocycles. The van der Waals surface area contributed by atoms with Crippen LogP contribution < -0.4 is 5.32 Å². The van der Waals surface area contributed by atoms with Crippen molar-refractivity contribution in [2.45, 2.75) is 19.9 Å². The maximum absolute atomic E-state index is 5.74. The summed E-state index contributed by atoms with van der Waals surface area (Å²) < 4.78 is 0. The molecule has 4 heteroatoms. The van der Waals surface area contributed by atoms with E-state index in [4.69, 9.17) is 11.6 Å². The van der Waals surface area contributed by atoms with Crippen LogP contribution in [0.4, 0.5) is 5.82 Å². The summed E-state index contributed by atoms with van der Waals surface area (Å²) >= 11 is 5.74. The minimum atomic E-state index is 0.326. The second kappa shape index (κ2) is 5.02. The molecular weight excluding hydrogens is 186 g/mol. The Bertz CT molecular complexity index is 240. The second-order valence-corrected chi connectivity index (χ2v) is 3.47. The summed E-state index contributed by atoms with van der Waals surface area (Å²) in [5, 5.41) is 3.26. The molecule has 0 saturated heterocycles. The lowest BCUT2D eigenvalue weighted by molar-refractivity contribution is 0.564. The molecule has 3 nitrogen and oxygen atoms in total. The molecule has 2 unspecified atom stereocenters. The van der Waals surface area contributed by atoms with E-state index in [0.717, 1.165) is 5.82 Å². The molecule has 0 aromatic carbocycles. The first-order valence-electron chi connectivity index (χ1n) is 4.32. The van der Waals surface area contributed by atoms with Gasteiger partial charge in [-0.15, -0.1) is 11.6 Å². The first kappa shape index (κ1) is 10.3. The fourth-order valence-electron chi connectivity index (χ4n) is 0.885. The normalized spacial score (nSPS) is 15.0. The molecule has 2 atom stereocenters. The summed E-state index contributed by atoms with van der Waals surface area (Å²) in [6.07, 6.45) is 3.24. The predicted octanol–water partition coefficient (Wildman–Crippen LogP) is 2.15. The number of nitrogens with one attached hydrogen (secondary N) is 1. The standard InChI is InChI=1S/C9H14ClN3/c1-7(5-10)8(2)13-9-3-4-11-6-12-9/h3-4,6-8H,5H2,1-2H3,(H,11,12,13). The molecule has 0 fully saturated rings. The predicted molar refractivity (Wildman–Crippen MR) is 55.0 cm³/mol. The Morgan fingerprint density at radius 1 is 1.54 bits per heavy atom. The zero-order valence-electron chi connectivity index (χ0n) is 7.87. The van der Waals surface area contributed by atoms with E-state index < -0.39 is 0 Å². The number of nitrogens with zero attached hydrogens (tertiary/aromatic N) is 2. The van der Waals surface area contributed by atoms with Crippen molar-refractivity contribution < 1.29 is 0 Å². The van der Waals surface area contributed by atoms with Gasteiger partial charge in [-0.3, -0.25) is 0 Å². The van der Waals surface area contributed by atoms with Gasteiger partial charge in [-0.1, -0.05) is 6.92 Å². The number of rotatable bonds is 4. The van der Waals surface area contributed by atoms with Crippen LogP contribution in [-0.2, 0) is 0 Å². The van der Waals surface area contributed by atoms with Gasteiger partial charge in [0.1, 0.15) is 12.1 Å². The van der Waals surface area contributed by atoms with Gasteiger partial charge in [-0.05, 0) is 18.9 Å². The Morgan fingerprint density at radius 2 is 2.31 bits per heavy atom. The lowest BCUT2D eigenvalue weighted by atomic mass is 10.1. The van der Waals surface area contributed by atoms with E-state index in [-0.39, 0.29) is 0 Å². The van der Waals surface area contributed by atoms with Crippen molar-refractivity contribution in [3.63, 3.8) is 0 Å². The summed E-state index contributed by atoms with van der Waals surface area (Å²) in [5.41, 5.74) is 0. The Morgan fingerprint density at radius 3 is 2.85 bits per heavy atom. The molecule has 1 N–H and O–H groups in total. The molecular formula is C9H14ClN3. The number of anilines is 1. The van der Waals surface area contributed by atoms with Crippen LogP contribution in [0.5, 0.6) is 0 Å². The van der Waals surface area contributed by atoms with Crippen molar-refractivity contribution >= 4 is 17.4 Å². The number of alkyl halides is 1. The smallest absolute Gasteiger partial charge is 0.129 e. The summed E-state index contributed by atoms with van der Waals surface area (Å²) in [5.74, 6) is 1.93. The topological polar surface area (TPSA) is 37.8 Å². The zero-order chi connectivity index (χ0) is 9.68. The minimum absolute atomic E-state index is 0.326. The van der Waals surface area contributed by atoms with Crippen molar-refractivity contribution in [3.05, 3.63) is 18.6 Å². The third-order valence-corrected chi connectivity index (χ3v) is 2.54. The van der Waals surface area contributed by atoms with Crippen LogP contribution in [-0.4, -0.2) is 21.9 Å². The highest BCUT2D eigenvalue weighted by molar-refractivity contribution is 6.18. The maximum atomic E-state index is 5.74. The van der Waals surface area contributed by atoms with Crippen LogP contribution in [0.2, 0.25) is 0 Å². The average molecular weight is 200 g/mol. The highest BCUT2D eigenvalue weighted by Gasteiger charge is 2.10. The van der Waals surface area contributed by atoms with E-state index in [1.54, 1.807) is 6.20 Å². The van der Waals surface area contributed by atoms with E-state index in [0.29, 0.717) is 17.8 Å². The zero-order valence-corrected chi connectivity index (χ0v) is 8.62. The Balaban J connectivity index is 2.50. The lowest BCUT2D eigenvalue weighted by Crippen LogP contribution is -2.25. The van der Waals surface area contributed by atoms with Gasteiger partial charge in [-0.25, -0.2) is 9.97 Å². The van der Waals surface area contributed by atoms with Crippen molar-refractivity contribution in [2.75, 3.05) is 11.2 Å². The van der Waals surface area contributed by atoms with Crippen LogP contribution in [0.25, 0.3) is 0 Å². The van der Waals surface area contributed by atoms with Gasteiger partial charge >= 0.3 is 0 Å². The van der Waals surface area contributed by atoms with E-state index in [9.17, 15) is 0 Å². The van der Waals surface area contributed by atoms with Crippen LogP contribution in [0.3, 0.4) is 0 Å². The first-order valence-corrected chi connectivity index (χ1v) is 4.86. The summed E-state index contributed by atoms with van der Waals surface area (Å²) in [7, 11) is 0. The summed E-state index contributed by atoms with van der Waals surface area (Å²) in [4.78, 5) is 7.91. The first-order chi connectivity index (χ1) is 6.24. The van der Waals surface area contributed by atoms with Crippen LogP contribution in [0, 0.1) is 5.92 Å². The van der Waals surface area contributed by atoms with Gasteiger partial charge < -0.3 is 5.32 Å². The van der Waals surface area contributed by atoms with Gasteiger partial charge in [0.2, 0.25) is 0 Å². The quantitative estimate of drug-likeness (QED) is 0.756. The van der Waals surface area contributed by atoms with Gasteiger partial charge in [0.05, 0.1) is 0 Å². The molecule has 1 rings (SSSR count). The van der Waals surface area contributed by atoms with E-state index >= 15 is 0 Å². The number of halogens is 1. The highest BCUT2D eigenvalue weighted by Crippen LogP contribution is 2.10. The average Bonchev–Trinajstić information content (AvgIpc) is 2.18. The van der Waals surface area contributed by atoms with Crippen molar-refractivity contribution in [2.24, 2.45) is 5.92 Å². The molecule has 0 aliphatic rings. The third kappa shape index (κ3) is 3.19. The monoisotopic (exact) mass is 199 g/mol. The molecule has 13 heavy (non-hydrogen) atoms. The molecule has 1 heterocycles.